The summed E-state index contributed by atoms with van der Waals surface area (Å²) in [6, 6.07) is 0. The average Bonchev–Trinajstić information content (AvgIpc) is 2.66. The van der Waals surface area contributed by atoms with Gasteiger partial charge in [-0.15, -0.1) is 0 Å². The Bertz CT molecular complexity index is 112. The summed E-state index contributed by atoms with van der Waals surface area (Å²) in [4.78, 5) is 21.0. The highest BCUT2D eigenvalue weighted by molar-refractivity contribution is 6.46. The smallest absolute Gasteiger partial charge is 0.149 e. The van der Waals surface area contributed by atoms with Crippen molar-refractivity contribution < 1.29 is 23.2 Å². The van der Waals surface area contributed by atoms with E-state index in [-0.39, 0.29) is 12.7 Å². The van der Waals surface area contributed by atoms with E-state index in [1.54, 1.807) is 0 Å². The van der Waals surface area contributed by atoms with Gasteiger partial charge in [-0.1, -0.05) is 0 Å². The van der Waals surface area contributed by atoms with Gasteiger partial charge in [0.1, 0.15) is 15.2 Å². The molecule has 0 spiro atoms. The van der Waals surface area contributed by atoms with Crippen molar-refractivity contribution >= 4 is 9.05 Å². The molecule has 0 aromatic heterocycles. The van der Waals surface area contributed by atoms with E-state index < -0.39 is 9.05 Å². The number of epoxide rings is 1. The third-order valence-corrected chi connectivity index (χ3v) is 2.12. The Kier molecular flexibility index (Phi) is 2.39. The second-order valence-corrected chi connectivity index (χ2v) is 3.67. The van der Waals surface area contributed by atoms with Crippen LogP contribution in [0.15, 0.2) is 0 Å². The molecule has 1 saturated heterocycles. The van der Waals surface area contributed by atoms with E-state index in [4.69, 9.17) is 4.74 Å². The molecule has 0 bridgehead atoms. The molecule has 6 heteroatoms. The summed E-state index contributed by atoms with van der Waals surface area (Å²) in [5.74, 6) is 0. The first kappa shape index (κ1) is 8.12. The van der Waals surface area contributed by atoms with Crippen molar-refractivity contribution in [2.45, 2.75) is 6.10 Å². The van der Waals surface area contributed by atoms with E-state index in [9.17, 15) is 9.59 Å². The normalized spacial score (nSPS) is 24.9. The van der Waals surface area contributed by atoms with E-state index in [2.05, 4.69) is 8.85 Å². The van der Waals surface area contributed by atoms with Crippen molar-refractivity contribution in [2.24, 2.45) is 0 Å². The van der Waals surface area contributed by atoms with Crippen LogP contribution in [0, 0.1) is 0 Å². The number of hydrogen-bond donors (Lipinski definition) is 0. The molecule has 1 rings (SSSR count). The van der Waals surface area contributed by atoms with Gasteiger partial charge in [-0.25, -0.2) is 0 Å². The Morgan fingerprint density at radius 2 is 2.30 bits per heavy atom. The number of ether oxygens (including phenoxy) is 1. The second kappa shape index (κ2) is 2.95. The molecule has 0 saturated carbocycles. The molecule has 0 aromatic rings. The first-order valence-electron chi connectivity index (χ1n) is 2.85. The fraction of sp³-hybridized carbons (Fsp3) is 1.00. The maximum absolute atomic E-state index is 10.5. The molecule has 1 unspecified atom stereocenters. The average molecular weight is 164 g/mol. The van der Waals surface area contributed by atoms with Crippen LogP contribution in [-0.2, 0) is 13.6 Å². The highest BCUT2D eigenvalue weighted by Crippen LogP contribution is 2.09. The molecule has 1 heterocycles. The predicted molar refractivity (Wildman–Crippen MR) is 28.5 cm³/mol. The van der Waals surface area contributed by atoms with Crippen LogP contribution in [0.5, 0.6) is 0 Å². The Labute approximate surface area is 59.6 Å². The zero-order valence-corrected chi connectivity index (χ0v) is 6.53. The number of rotatable bonds is 4. The first-order valence-corrected chi connectivity index (χ1v) is 4.49. The van der Waals surface area contributed by atoms with E-state index in [1.807, 2.05) is 0 Å². The monoisotopic (exact) mass is 164 g/mol. The molecule has 0 radical (unpaired) electrons. The maximum Gasteiger partial charge on any atom is 0.149 e. The fourth-order valence-electron chi connectivity index (χ4n) is 0.418. The van der Waals surface area contributed by atoms with E-state index in [0.29, 0.717) is 6.61 Å². The van der Waals surface area contributed by atoms with Gasteiger partial charge in [0.05, 0.1) is 13.2 Å². The minimum atomic E-state index is -4.28. The van der Waals surface area contributed by atoms with Gasteiger partial charge in [0.25, 0.3) is 0 Å². The van der Waals surface area contributed by atoms with Crippen molar-refractivity contribution in [3.63, 3.8) is 0 Å². The third-order valence-electron chi connectivity index (χ3n) is 1.10. The van der Waals surface area contributed by atoms with Gasteiger partial charge in [0.15, 0.2) is 0 Å². The molecule has 0 aromatic carbocycles. The zero-order chi connectivity index (χ0) is 7.61. The minimum absolute atomic E-state index is 0.0510. The van der Waals surface area contributed by atoms with Crippen LogP contribution in [0.1, 0.15) is 0 Å². The van der Waals surface area contributed by atoms with Crippen molar-refractivity contribution in [1.82, 2.24) is 0 Å². The number of hydrogen-bond acceptors (Lipinski definition) is 5. The maximum atomic E-state index is 10.5. The fourth-order valence-corrected chi connectivity index (χ4v) is 0.926. The topological polar surface area (TPSA) is 77.1 Å². The van der Waals surface area contributed by atoms with Gasteiger partial charge < -0.3 is 23.2 Å². The standard InChI is InChI=1S/C4H8O5Si/c1-7-10(5,6)9-3-4-2-8-4/h4H,2-3H2,1H3/q-2. The highest BCUT2D eigenvalue weighted by atomic mass is 28.4. The van der Waals surface area contributed by atoms with Crippen LogP contribution < -0.4 is 9.59 Å². The molecule has 10 heavy (non-hydrogen) atoms. The molecule has 1 fully saturated rings. The molecule has 1 aliphatic rings. The zero-order valence-electron chi connectivity index (χ0n) is 5.53. The summed E-state index contributed by atoms with van der Waals surface area (Å²) in [6.45, 7) is 0.654. The van der Waals surface area contributed by atoms with Gasteiger partial charge in [-0.3, -0.25) is 0 Å². The molecule has 1 atom stereocenters. The predicted octanol–water partition coefficient (Wildman–Crippen LogP) is -2.80. The Morgan fingerprint density at radius 1 is 1.70 bits per heavy atom. The Morgan fingerprint density at radius 3 is 2.70 bits per heavy atom. The van der Waals surface area contributed by atoms with Crippen molar-refractivity contribution in [2.75, 3.05) is 20.3 Å². The molecule has 0 amide bonds. The molecular formula is C4H8O5Si-2. The van der Waals surface area contributed by atoms with E-state index in [1.165, 1.54) is 0 Å². The molecule has 0 aliphatic carbocycles. The van der Waals surface area contributed by atoms with Crippen molar-refractivity contribution in [3.8, 4) is 0 Å². The Balaban J connectivity index is 2.09. The molecular weight excluding hydrogens is 156 g/mol. The lowest BCUT2D eigenvalue weighted by Gasteiger charge is -2.41. The van der Waals surface area contributed by atoms with Gasteiger partial charge in [0, 0.05) is 7.11 Å². The summed E-state index contributed by atoms with van der Waals surface area (Å²) in [6.07, 6.45) is -0.0510. The summed E-state index contributed by atoms with van der Waals surface area (Å²) < 4.78 is 13.2. The third kappa shape index (κ3) is 2.73. The van der Waals surface area contributed by atoms with Crippen LogP contribution in [-0.4, -0.2) is 35.5 Å². The van der Waals surface area contributed by atoms with Crippen LogP contribution >= 0.6 is 0 Å². The van der Waals surface area contributed by atoms with Crippen LogP contribution in [0.4, 0.5) is 0 Å². The van der Waals surface area contributed by atoms with Crippen LogP contribution in [0.2, 0.25) is 0 Å². The Hall–Kier alpha value is 0.0169. The minimum Gasteiger partial charge on any atom is -0.828 e. The molecule has 60 valence electrons. The lowest BCUT2D eigenvalue weighted by Crippen LogP contribution is -2.67. The van der Waals surface area contributed by atoms with E-state index >= 15 is 0 Å². The lowest BCUT2D eigenvalue weighted by molar-refractivity contribution is -0.441. The van der Waals surface area contributed by atoms with Crippen molar-refractivity contribution in [1.29, 1.82) is 0 Å². The van der Waals surface area contributed by atoms with Crippen LogP contribution in [0.25, 0.3) is 0 Å². The SMILES string of the molecule is CO[Si]([O-])([O-])OCC1CO1. The largest absolute Gasteiger partial charge is 0.828 e. The summed E-state index contributed by atoms with van der Waals surface area (Å²) in [5, 5.41) is 0. The first-order chi connectivity index (χ1) is 4.64. The van der Waals surface area contributed by atoms with Gasteiger partial charge in [-0.2, -0.15) is 0 Å². The van der Waals surface area contributed by atoms with Gasteiger partial charge >= 0.3 is 0 Å². The molecule has 1 aliphatic heterocycles. The lowest BCUT2D eigenvalue weighted by atomic mass is 10.5. The van der Waals surface area contributed by atoms with Crippen LogP contribution in [0.3, 0.4) is 0 Å². The van der Waals surface area contributed by atoms with Crippen molar-refractivity contribution in [3.05, 3.63) is 0 Å². The highest BCUT2D eigenvalue weighted by Gasteiger charge is 2.23. The van der Waals surface area contributed by atoms with Gasteiger partial charge in [0.2, 0.25) is 0 Å². The van der Waals surface area contributed by atoms with Gasteiger partial charge in [-0.05, 0) is 0 Å². The quantitative estimate of drug-likeness (QED) is 0.331. The van der Waals surface area contributed by atoms with E-state index in [0.717, 1.165) is 7.11 Å². The molecule has 0 N–H and O–H groups in total. The summed E-state index contributed by atoms with van der Waals surface area (Å²) in [7, 11) is -3.21. The second-order valence-electron chi connectivity index (χ2n) is 1.97. The molecule has 5 nitrogen and oxygen atoms in total. The summed E-state index contributed by atoms with van der Waals surface area (Å²) in [5.41, 5.74) is 0. The summed E-state index contributed by atoms with van der Waals surface area (Å²) >= 11 is 0.